The van der Waals surface area contributed by atoms with E-state index in [0.29, 0.717) is 24.1 Å². The third-order valence-corrected chi connectivity index (χ3v) is 6.64. The van der Waals surface area contributed by atoms with Gasteiger partial charge in [0.25, 0.3) is 0 Å². The topological polar surface area (TPSA) is 77.5 Å². The van der Waals surface area contributed by atoms with E-state index in [9.17, 15) is 10.1 Å². The molecule has 1 fully saturated rings. The van der Waals surface area contributed by atoms with Crippen LogP contribution in [-0.4, -0.2) is 63.0 Å². The molecule has 3 aromatic rings. The Kier molecular flexibility index (Phi) is 7.36. The fourth-order valence-electron chi connectivity index (χ4n) is 4.74. The molecular weight excluding hydrogens is 412 g/mol. The fraction of sp³-hybridized carbons (Fsp3) is 0.462. The maximum Gasteiger partial charge on any atom is 0.222 e. The highest BCUT2D eigenvalue weighted by molar-refractivity contribution is 5.76. The van der Waals surface area contributed by atoms with Gasteiger partial charge in [-0.25, -0.2) is 9.50 Å². The Morgan fingerprint density at radius 2 is 1.91 bits per heavy atom. The van der Waals surface area contributed by atoms with Crippen LogP contribution in [0.25, 0.3) is 5.65 Å². The average Bonchev–Trinajstić information content (AvgIpc) is 3.08. The van der Waals surface area contributed by atoms with Gasteiger partial charge in [-0.15, -0.1) is 0 Å². The molecule has 3 heterocycles. The lowest BCUT2D eigenvalue weighted by atomic mass is 10.1. The molecule has 0 saturated carbocycles. The van der Waals surface area contributed by atoms with E-state index in [1.54, 1.807) is 10.7 Å². The number of aryl methyl sites for hydroxylation is 3. The molecule has 0 bridgehead atoms. The number of carbonyl (C=O) groups excluding carboxylic acids is 1. The third kappa shape index (κ3) is 5.40. The molecular formula is C26H32N6O. The molecule has 0 N–H and O–H groups in total. The van der Waals surface area contributed by atoms with Crippen LogP contribution in [0.5, 0.6) is 0 Å². The van der Waals surface area contributed by atoms with Crippen molar-refractivity contribution in [3.8, 4) is 6.07 Å². The Balaban J connectivity index is 1.29. The molecule has 33 heavy (non-hydrogen) atoms. The second kappa shape index (κ2) is 10.6. The summed E-state index contributed by atoms with van der Waals surface area (Å²) >= 11 is 0. The van der Waals surface area contributed by atoms with E-state index in [1.165, 1.54) is 5.56 Å². The highest BCUT2D eigenvalue weighted by Gasteiger charge is 2.20. The molecule has 7 heteroatoms. The SMILES string of the molecule is Cc1nc2c(C#N)cnn2c(C)c1CCC(=O)N1CCCN(CCCc2ccccc2)CC1. The number of aromatic nitrogens is 3. The first kappa shape index (κ1) is 22.9. The van der Waals surface area contributed by atoms with E-state index < -0.39 is 0 Å². The standard InChI is InChI=1S/C26H32N6O/c1-20-24(21(2)32-26(29-20)23(18-27)19-28-32)11-12-25(33)31-15-7-14-30(16-17-31)13-6-10-22-8-4-3-5-9-22/h3-5,8-9,19H,6-7,10-17H2,1-2H3. The number of hydrogen-bond acceptors (Lipinski definition) is 5. The maximum absolute atomic E-state index is 13.0. The number of nitrogens with zero attached hydrogens (tertiary/aromatic N) is 6. The van der Waals surface area contributed by atoms with Crippen LogP contribution in [-0.2, 0) is 17.6 Å². The van der Waals surface area contributed by atoms with Gasteiger partial charge in [-0.2, -0.15) is 10.4 Å². The van der Waals surface area contributed by atoms with Crippen molar-refractivity contribution in [1.82, 2.24) is 24.4 Å². The zero-order valence-electron chi connectivity index (χ0n) is 19.6. The van der Waals surface area contributed by atoms with Gasteiger partial charge in [-0.1, -0.05) is 30.3 Å². The van der Waals surface area contributed by atoms with E-state index in [1.807, 2.05) is 18.7 Å². The molecule has 1 amide bonds. The summed E-state index contributed by atoms with van der Waals surface area (Å²) in [7, 11) is 0. The van der Waals surface area contributed by atoms with Crippen molar-refractivity contribution in [2.45, 2.75) is 46.0 Å². The van der Waals surface area contributed by atoms with Crippen LogP contribution in [0.15, 0.2) is 36.5 Å². The van der Waals surface area contributed by atoms with Crippen molar-refractivity contribution in [1.29, 1.82) is 5.26 Å². The van der Waals surface area contributed by atoms with Gasteiger partial charge in [0.05, 0.1) is 6.20 Å². The molecule has 0 aliphatic carbocycles. The van der Waals surface area contributed by atoms with Gasteiger partial charge in [0, 0.05) is 37.4 Å². The number of rotatable bonds is 7. The molecule has 172 valence electrons. The van der Waals surface area contributed by atoms with Gasteiger partial charge in [0.1, 0.15) is 11.6 Å². The Hall–Kier alpha value is -3.24. The molecule has 1 aliphatic rings. The first-order chi connectivity index (χ1) is 16.1. The minimum absolute atomic E-state index is 0.207. The summed E-state index contributed by atoms with van der Waals surface area (Å²) in [6.07, 6.45) is 5.92. The van der Waals surface area contributed by atoms with Gasteiger partial charge in [0.2, 0.25) is 5.91 Å². The molecule has 1 saturated heterocycles. The van der Waals surface area contributed by atoms with Gasteiger partial charge < -0.3 is 9.80 Å². The van der Waals surface area contributed by atoms with Gasteiger partial charge in [-0.3, -0.25) is 4.79 Å². The normalized spacial score (nSPS) is 14.9. The smallest absolute Gasteiger partial charge is 0.222 e. The number of fused-ring (bicyclic) bond motifs is 1. The van der Waals surface area contributed by atoms with Crippen LogP contribution in [0.1, 0.15) is 47.3 Å². The van der Waals surface area contributed by atoms with Crippen molar-refractivity contribution in [3.63, 3.8) is 0 Å². The summed E-state index contributed by atoms with van der Waals surface area (Å²) in [5.74, 6) is 0.207. The van der Waals surface area contributed by atoms with Crippen LogP contribution in [0.3, 0.4) is 0 Å². The quantitative estimate of drug-likeness (QED) is 0.559. The lowest BCUT2D eigenvalue weighted by Gasteiger charge is -2.22. The van der Waals surface area contributed by atoms with Gasteiger partial charge >= 0.3 is 0 Å². The van der Waals surface area contributed by atoms with Crippen LogP contribution in [0.2, 0.25) is 0 Å². The van der Waals surface area contributed by atoms with E-state index in [0.717, 1.165) is 68.9 Å². The summed E-state index contributed by atoms with van der Waals surface area (Å²) < 4.78 is 1.71. The van der Waals surface area contributed by atoms with Crippen LogP contribution < -0.4 is 0 Å². The number of hydrogen-bond donors (Lipinski definition) is 0. The zero-order chi connectivity index (χ0) is 23.2. The van der Waals surface area contributed by atoms with Crippen molar-refractivity contribution in [3.05, 3.63) is 64.6 Å². The number of carbonyl (C=O) groups is 1. The van der Waals surface area contributed by atoms with Gasteiger partial charge in [-0.05, 0) is 63.7 Å². The molecule has 0 radical (unpaired) electrons. The van der Waals surface area contributed by atoms with Crippen molar-refractivity contribution in [2.75, 3.05) is 32.7 Å². The van der Waals surface area contributed by atoms with Crippen LogP contribution >= 0.6 is 0 Å². The van der Waals surface area contributed by atoms with E-state index in [2.05, 4.69) is 51.4 Å². The summed E-state index contributed by atoms with van der Waals surface area (Å²) in [5, 5.41) is 13.5. The highest BCUT2D eigenvalue weighted by Crippen LogP contribution is 2.19. The van der Waals surface area contributed by atoms with E-state index >= 15 is 0 Å². The van der Waals surface area contributed by atoms with Crippen LogP contribution in [0, 0.1) is 25.2 Å². The first-order valence-electron chi connectivity index (χ1n) is 11.8. The maximum atomic E-state index is 13.0. The third-order valence-electron chi connectivity index (χ3n) is 6.64. The zero-order valence-corrected chi connectivity index (χ0v) is 19.6. The van der Waals surface area contributed by atoms with Crippen molar-refractivity contribution < 1.29 is 4.79 Å². The van der Waals surface area contributed by atoms with Gasteiger partial charge in [0.15, 0.2) is 5.65 Å². The molecule has 7 nitrogen and oxygen atoms in total. The predicted octanol–water partition coefficient (Wildman–Crippen LogP) is 3.32. The lowest BCUT2D eigenvalue weighted by molar-refractivity contribution is -0.131. The Labute approximate surface area is 195 Å². The minimum atomic E-state index is 0.207. The first-order valence-corrected chi connectivity index (χ1v) is 11.8. The van der Waals surface area contributed by atoms with Crippen LogP contribution in [0.4, 0.5) is 0 Å². The molecule has 0 unspecified atom stereocenters. The predicted molar refractivity (Wildman–Crippen MR) is 128 cm³/mol. The van der Waals surface area contributed by atoms with E-state index in [-0.39, 0.29) is 5.91 Å². The Morgan fingerprint density at radius 3 is 2.70 bits per heavy atom. The summed E-state index contributed by atoms with van der Waals surface area (Å²) in [4.78, 5) is 22.1. The molecule has 0 spiro atoms. The second-order valence-electron chi connectivity index (χ2n) is 8.83. The fourth-order valence-corrected chi connectivity index (χ4v) is 4.74. The minimum Gasteiger partial charge on any atom is -0.341 e. The molecule has 4 rings (SSSR count). The highest BCUT2D eigenvalue weighted by atomic mass is 16.2. The molecule has 2 aromatic heterocycles. The number of nitriles is 1. The lowest BCUT2D eigenvalue weighted by Crippen LogP contribution is -2.35. The molecule has 0 atom stereocenters. The summed E-state index contributed by atoms with van der Waals surface area (Å²) in [6, 6.07) is 12.8. The largest absolute Gasteiger partial charge is 0.341 e. The van der Waals surface area contributed by atoms with E-state index in [4.69, 9.17) is 0 Å². The molecule has 1 aromatic carbocycles. The molecule has 1 aliphatic heterocycles. The van der Waals surface area contributed by atoms with Crippen molar-refractivity contribution >= 4 is 11.6 Å². The number of amides is 1. The number of benzene rings is 1. The summed E-state index contributed by atoms with van der Waals surface area (Å²) in [5.41, 5.74) is 5.31. The summed E-state index contributed by atoms with van der Waals surface area (Å²) in [6.45, 7) is 8.62. The second-order valence-corrected chi connectivity index (χ2v) is 8.83. The Morgan fingerprint density at radius 1 is 1.09 bits per heavy atom. The monoisotopic (exact) mass is 444 g/mol. The van der Waals surface area contributed by atoms with Crippen molar-refractivity contribution in [2.24, 2.45) is 0 Å². The average molecular weight is 445 g/mol. The Bertz CT molecular complexity index is 1150.